The highest BCUT2D eigenvalue weighted by molar-refractivity contribution is 6.22. The molecule has 0 spiro atoms. The van der Waals surface area contributed by atoms with Gasteiger partial charge in [0.15, 0.2) is 0 Å². The maximum Gasteiger partial charge on any atom is 0.261 e. The molecular weight excluding hydrogens is 322 g/mol. The largest absolute Gasteiger partial charge is 0.376 e. The minimum Gasteiger partial charge on any atom is -0.376 e. The second-order valence-electron chi connectivity index (χ2n) is 7.16. The Kier molecular flexibility index (Phi) is 4.62. The molecule has 0 radical (unpaired) electrons. The third-order valence-electron chi connectivity index (χ3n) is 4.61. The maximum absolute atomic E-state index is 12.6. The van der Waals surface area contributed by atoms with Crippen molar-refractivity contribution in [3.05, 3.63) is 34.9 Å². The fraction of sp³-hybridized carbons (Fsp3) is 0.500. The van der Waals surface area contributed by atoms with Crippen LogP contribution in [-0.2, 0) is 4.74 Å². The van der Waals surface area contributed by atoms with E-state index < -0.39 is 5.54 Å². The number of carbonyl (C=O) groups excluding carboxylic acids is 3. The number of hydrogen-bond acceptors (Lipinski definition) is 5. The zero-order valence-electron chi connectivity index (χ0n) is 14.5. The van der Waals surface area contributed by atoms with Gasteiger partial charge in [-0.1, -0.05) is 0 Å². The lowest BCUT2D eigenvalue weighted by atomic mass is 10.0. The maximum atomic E-state index is 12.6. The number of fused-ring (bicyclic) bond motifs is 1. The van der Waals surface area contributed by atoms with Crippen molar-refractivity contribution < 1.29 is 19.1 Å². The zero-order chi connectivity index (χ0) is 18.2. The Morgan fingerprint density at radius 1 is 1.32 bits per heavy atom. The van der Waals surface area contributed by atoms with E-state index in [-0.39, 0.29) is 42.5 Å². The normalized spacial score (nSPS) is 20.1. The molecule has 2 aliphatic rings. The van der Waals surface area contributed by atoms with E-state index in [1.165, 1.54) is 17.0 Å². The van der Waals surface area contributed by atoms with Crippen molar-refractivity contribution in [2.24, 2.45) is 5.73 Å². The first-order chi connectivity index (χ1) is 11.8. The highest BCUT2D eigenvalue weighted by atomic mass is 16.5. The molecule has 1 atom stereocenters. The fourth-order valence-electron chi connectivity index (χ4n) is 3.02. The van der Waals surface area contributed by atoms with Gasteiger partial charge in [0.25, 0.3) is 17.7 Å². The molecule has 0 aliphatic carbocycles. The third-order valence-corrected chi connectivity index (χ3v) is 4.61. The Hall–Kier alpha value is -2.25. The van der Waals surface area contributed by atoms with Crippen molar-refractivity contribution >= 4 is 17.7 Å². The number of hydrogen-bond donors (Lipinski definition) is 2. The number of imide groups is 1. The second kappa shape index (κ2) is 6.57. The first-order valence-electron chi connectivity index (χ1n) is 8.47. The summed E-state index contributed by atoms with van der Waals surface area (Å²) in [6, 6.07) is 4.57. The Morgan fingerprint density at radius 2 is 2.04 bits per heavy atom. The minimum atomic E-state index is -0.554. The van der Waals surface area contributed by atoms with E-state index in [1.807, 2.05) is 13.8 Å². The first kappa shape index (κ1) is 17.6. The lowest BCUT2D eigenvalue weighted by Gasteiger charge is -2.24. The molecule has 2 heterocycles. The van der Waals surface area contributed by atoms with Gasteiger partial charge in [0.05, 0.1) is 23.8 Å². The smallest absolute Gasteiger partial charge is 0.261 e. The summed E-state index contributed by atoms with van der Waals surface area (Å²) in [6.45, 7) is 4.84. The van der Waals surface area contributed by atoms with Crippen molar-refractivity contribution in [3.63, 3.8) is 0 Å². The Bertz CT molecular complexity index is 723. The van der Waals surface area contributed by atoms with E-state index in [9.17, 15) is 14.4 Å². The molecule has 2 aliphatic heterocycles. The van der Waals surface area contributed by atoms with Crippen LogP contribution >= 0.6 is 0 Å². The van der Waals surface area contributed by atoms with E-state index in [4.69, 9.17) is 10.5 Å². The molecule has 1 aromatic rings. The molecule has 7 nitrogen and oxygen atoms in total. The van der Waals surface area contributed by atoms with E-state index in [1.54, 1.807) is 6.07 Å². The summed E-state index contributed by atoms with van der Waals surface area (Å²) in [7, 11) is 0. The standard InChI is InChI=1S/C18H23N3O4/c1-18(2,10-19)20-15(22)11-5-6-13-14(8-11)17(24)21(16(13)23)9-12-4-3-7-25-12/h5-6,8,12H,3-4,7,9-10,19H2,1-2H3,(H,20,22). The lowest BCUT2D eigenvalue weighted by molar-refractivity contribution is 0.0475. The number of amides is 3. The minimum absolute atomic E-state index is 0.102. The zero-order valence-corrected chi connectivity index (χ0v) is 14.5. The summed E-state index contributed by atoms with van der Waals surface area (Å²) in [5.41, 5.74) is 6.00. The summed E-state index contributed by atoms with van der Waals surface area (Å²) < 4.78 is 5.52. The second-order valence-corrected chi connectivity index (χ2v) is 7.16. The van der Waals surface area contributed by atoms with Gasteiger partial charge in [0.2, 0.25) is 0 Å². The SMILES string of the molecule is CC(C)(CN)NC(=O)c1ccc2c(c1)C(=O)N(CC1CCCO1)C2=O. The molecular formula is C18H23N3O4. The van der Waals surface area contributed by atoms with Crippen LogP contribution in [0.4, 0.5) is 0 Å². The van der Waals surface area contributed by atoms with Crippen LogP contribution in [0.2, 0.25) is 0 Å². The van der Waals surface area contributed by atoms with E-state index in [2.05, 4.69) is 5.32 Å². The van der Waals surface area contributed by atoms with Crippen LogP contribution in [0.3, 0.4) is 0 Å². The molecule has 3 amide bonds. The number of rotatable bonds is 5. The van der Waals surface area contributed by atoms with Gasteiger partial charge in [0.1, 0.15) is 0 Å². The summed E-state index contributed by atoms with van der Waals surface area (Å²) in [6.07, 6.45) is 1.68. The Morgan fingerprint density at radius 3 is 2.68 bits per heavy atom. The molecule has 0 aromatic heterocycles. The van der Waals surface area contributed by atoms with E-state index in [0.29, 0.717) is 17.7 Å². The predicted molar refractivity (Wildman–Crippen MR) is 91.4 cm³/mol. The molecule has 1 fully saturated rings. The third kappa shape index (κ3) is 3.43. The molecule has 1 aromatic carbocycles. The number of carbonyl (C=O) groups is 3. The molecule has 0 bridgehead atoms. The number of nitrogens with two attached hydrogens (primary N) is 1. The van der Waals surface area contributed by atoms with Gasteiger partial charge in [-0.05, 0) is 44.9 Å². The van der Waals surface area contributed by atoms with Crippen molar-refractivity contribution in [2.45, 2.75) is 38.3 Å². The van der Waals surface area contributed by atoms with Gasteiger partial charge < -0.3 is 15.8 Å². The summed E-state index contributed by atoms with van der Waals surface area (Å²) in [5.74, 6) is -1.02. The average molecular weight is 345 g/mol. The van der Waals surface area contributed by atoms with E-state index >= 15 is 0 Å². The van der Waals surface area contributed by atoms with Crippen LogP contribution in [-0.4, -0.2) is 54.0 Å². The van der Waals surface area contributed by atoms with Crippen molar-refractivity contribution in [1.82, 2.24) is 10.2 Å². The van der Waals surface area contributed by atoms with Crippen LogP contribution in [0.5, 0.6) is 0 Å². The number of ether oxygens (including phenoxy) is 1. The summed E-state index contributed by atoms with van der Waals surface area (Å²) in [4.78, 5) is 38.7. The van der Waals surface area contributed by atoms with Gasteiger partial charge in [-0.3, -0.25) is 19.3 Å². The van der Waals surface area contributed by atoms with Gasteiger partial charge in [-0.2, -0.15) is 0 Å². The molecule has 7 heteroatoms. The Labute approximate surface area is 146 Å². The average Bonchev–Trinajstić information content (AvgIpc) is 3.17. The molecule has 1 unspecified atom stereocenters. The van der Waals surface area contributed by atoms with Crippen LogP contribution in [0.15, 0.2) is 18.2 Å². The highest BCUT2D eigenvalue weighted by Gasteiger charge is 2.38. The molecule has 0 saturated carbocycles. The predicted octanol–water partition coefficient (Wildman–Crippen LogP) is 0.929. The van der Waals surface area contributed by atoms with Crippen molar-refractivity contribution in [1.29, 1.82) is 0 Å². The molecule has 3 N–H and O–H groups in total. The Balaban J connectivity index is 1.80. The number of benzene rings is 1. The summed E-state index contributed by atoms with van der Waals surface area (Å²) >= 11 is 0. The molecule has 134 valence electrons. The van der Waals surface area contributed by atoms with Crippen LogP contribution in [0, 0.1) is 0 Å². The lowest BCUT2D eigenvalue weighted by Crippen LogP contribution is -2.48. The number of nitrogens with zero attached hydrogens (tertiary/aromatic N) is 1. The van der Waals surface area contributed by atoms with Gasteiger partial charge in [-0.25, -0.2) is 0 Å². The van der Waals surface area contributed by atoms with Gasteiger partial charge >= 0.3 is 0 Å². The van der Waals surface area contributed by atoms with Crippen LogP contribution in [0.25, 0.3) is 0 Å². The van der Waals surface area contributed by atoms with Gasteiger partial charge in [0, 0.05) is 24.3 Å². The highest BCUT2D eigenvalue weighted by Crippen LogP contribution is 2.26. The molecule has 1 saturated heterocycles. The quantitative estimate of drug-likeness (QED) is 0.773. The number of nitrogens with one attached hydrogen (secondary N) is 1. The first-order valence-corrected chi connectivity index (χ1v) is 8.47. The summed E-state index contributed by atoms with van der Waals surface area (Å²) in [5, 5.41) is 2.82. The molecule has 3 rings (SSSR count). The topological polar surface area (TPSA) is 102 Å². The van der Waals surface area contributed by atoms with Crippen LogP contribution in [0.1, 0.15) is 57.8 Å². The van der Waals surface area contributed by atoms with Gasteiger partial charge in [-0.15, -0.1) is 0 Å². The van der Waals surface area contributed by atoms with Crippen molar-refractivity contribution in [2.75, 3.05) is 19.7 Å². The van der Waals surface area contributed by atoms with Crippen LogP contribution < -0.4 is 11.1 Å². The molecule has 25 heavy (non-hydrogen) atoms. The fourth-order valence-corrected chi connectivity index (χ4v) is 3.02. The van der Waals surface area contributed by atoms with Crippen molar-refractivity contribution in [3.8, 4) is 0 Å². The monoisotopic (exact) mass is 345 g/mol. The van der Waals surface area contributed by atoms with E-state index in [0.717, 1.165) is 12.8 Å².